The standard InChI is InChI=1S/C12H13N5O3/c18-11(19)8-17-7-10(15-16-17)6-13-12(20)14-9-4-2-1-3-5-9/h1-5,7H,6,8H2,(H,18,19)(H2,13,14,20). The summed E-state index contributed by atoms with van der Waals surface area (Å²) in [7, 11) is 0. The molecule has 1 heterocycles. The Hall–Kier alpha value is -2.90. The van der Waals surface area contributed by atoms with Gasteiger partial charge in [-0.2, -0.15) is 0 Å². The van der Waals surface area contributed by atoms with Crippen molar-refractivity contribution in [2.45, 2.75) is 13.1 Å². The van der Waals surface area contributed by atoms with Crippen LogP contribution in [0.4, 0.5) is 10.5 Å². The van der Waals surface area contributed by atoms with Gasteiger partial charge >= 0.3 is 12.0 Å². The second-order valence-electron chi connectivity index (χ2n) is 3.97. The molecule has 0 fully saturated rings. The van der Waals surface area contributed by atoms with Crippen molar-refractivity contribution >= 4 is 17.7 Å². The zero-order valence-corrected chi connectivity index (χ0v) is 10.5. The zero-order valence-electron chi connectivity index (χ0n) is 10.5. The first-order chi connectivity index (χ1) is 9.63. The normalized spacial score (nSPS) is 10.0. The first kappa shape index (κ1) is 13.5. The molecule has 2 aromatic rings. The molecule has 8 heteroatoms. The van der Waals surface area contributed by atoms with E-state index >= 15 is 0 Å². The highest BCUT2D eigenvalue weighted by Crippen LogP contribution is 2.04. The van der Waals surface area contributed by atoms with Gasteiger partial charge in [-0.25, -0.2) is 9.48 Å². The third-order valence-corrected chi connectivity index (χ3v) is 2.35. The monoisotopic (exact) mass is 275 g/mol. The number of carboxylic acids is 1. The average Bonchev–Trinajstić information content (AvgIpc) is 2.84. The first-order valence-electron chi connectivity index (χ1n) is 5.84. The maximum Gasteiger partial charge on any atom is 0.325 e. The number of para-hydroxylation sites is 1. The lowest BCUT2D eigenvalue weighted by atomic mass is 10.3. The van der Waals surface area contributed by atoms with Crippen LogP contribution in [0.1, 0.15) is 5.69 Å². The topological polar surface area (TPSA) is 109 Å². The number of carbonyl (C=O) groups excluding carboxylic acids is 1. The van der Waals surface area contributed by atoms with Gasteiger partial charge in [0.2, 0.25) is 0 Å². The Morgan fingerprint density at radius 2 is 2.00 bits per heavy atom. The van der Waals surface area contributed by atoms with Gasteiger partial charge < -0.3 is 15.7 Å². The number of hydrogen-bond donors (Lipinski definition) is 3. The Labute approximate surface area is 114 Å². The summed E-state index contributed by atoms with van der Waals surface area (Å²) in [6.07, 6.45) is 1.47. The van der Waals surface area contributed by atoms with Crippen molar-refractivity contribution in [3.05, 3.63) is 42.2 Å². The Morgan fingerprint density at radius 3 is 2.70 bits per heavy atom. The number of anilines is 1. The van der Waals surface area contributed by atoms with Crippen LogP contribution in [-0.4, -0.2) is 32.1 Å². The van der Waals surface area contributed by atoms with Crippen molar-refractivity contribution in [2.24, 2.45) is 0 Å². The lowest BCUT2D eigenvalue weighted by Crippen LogP contribution is -2.28. The lowest BCUT2D eigenvalue weighted by molar-refractivity contribution is -0.137. The molecule has 104 valence electrons. The molecular weight excluding hydrogens is 262 g/mol. The maximum atomic E-state index is 11.6. The summed E-state index contributed by atoms with van der Waals surface area (Å²) in [5.74, 6) is -1.00. The molecule has 0 spiro atoms. The number of nitrogens with one attached hydrogen (secondary N) is 2. The quantitative estimate of drug-likeness (QED) is 0.743. The van der Waals surface area contributed by atoms with E-state index in [9.17, 15) is 9.59 Å². The summed E-state index contributed by atoms with van der Waals surface area (Å²) in [5, 5.41) is 21.2. The minimum Gasteiger partial charge on any atom is -0.480 e. The molecule has 8 nitrogen and oxygen atoms in total. The van der Waals surface area contributed by atoms with Gasteiger partial charge in [0.25, 0.3) is 0 Å². The number of hydrogen-bond acceptors (Lipinski definition) is 4. The second-order valence-corrected chi connectivity index (χ2v) is 3.97. The minimum absolute atomic E-state index is 0.165. The number of nitrogens with zero attached hydrogens (tertiary/aromatic N) is 3. The Bertz CT molecular complexity index is 596. The van der Waals surface area contributed by atoms with Crippen molar-refractivity contribution in [3.63, 3.8) is 0 Å². The maximum absolute atomic E-state index is 11.6. The van der Waals surface area contributed by atoms with Crippen LogP contribution in [0.5, 0.6) is 0 Å². The van der Waals surface area contributed by atoms with Crippen LogP contribution in [-0.2, 0) is 17.9 Å². The van der Waals surface area contributed by atoms with Gasteiger partial charge in [-0.1, -0.05) is 23.4 Å². The van der Waals surface area contributed by atoms with Crippen LogP contribution in [0.15, 0.2) is 36.5 Å². The summed E-state index contributed by atoms with van der Waals surface area (Å²) in [6, 6.07) is 8.64. The minimum atomic E-state index is -1.00. The summed E-state index contributed by atoms with van der Waals surface area (Å²) in [5.41, 5.74) is 1.16. The highest BCUT2D eigenvalue weighted by molar-refractivity contribution is 5.89. The van der Waals surface area contributed by atoms with E-state index < -0.39 is 5.97 Å². The smallest absolute Gasteiger partial charge is 0.325 e. The molecule has 0 bridgehead atoms. The number of urea groups is 1. The van der Waals surface area contributed by atoms with Crippen LogP contribution in [0.3, 0.4) is 0 Å². The van der Waals surface area contributed by atoms with E-state index in [1.807, 2.05) is 18.2 Å². The van der Waals surface area contributed by atoms with Crippen molar-refractivity contribution in [3.8, 4) is 0 Å². The summed E-state index contributed by atoms with van der Waals surface area (Å²) >= 11 is 0. The zero-order chi connectivity index (χ0) is 14.4. The van der Waals surface area contributed by atoms with Gasteiger partial charge in [0.1, 0.15) is 12.2 Å². The third-order valence-electron chi connectivity index (χ3n) is 2.35. The fourth-order valence-corrected chi connectivity index (χ4v) is 1.50. The average molecular weight is 275 g/mol. The van der Waals surface area contributed by atoms with E-state index in [1.54, 1.807) is 12.1 Å². The fraction of sp³-hybridized carbons (Fsp3) is 0.167. The van der Waals surface area contributed by atoms with Crippen molar-refractivity contribution < 1.29 is 14.7 Å². The van der Waals surface area contributed by atoms with Crippen molar-refractivity contribution in [1.29, 1.82) is 0 Å². The lowest BCUT2D eigenvalue weighted by Gasteiger charge is -2.05. The molecule has 1 aromatic carbocycles. The first-order valence-corrected chi connectivity index (χ1v) is 5.84. The Kier molecular flexibility index (Phi) is 4.28. The number of rotatable bonds is 5. The van der Waals surface area contributed by atoms with Gasteiger partial charge in [0, 0.05) is 5.69 Å². The number of carboxylic acid groups (broad SMARTS) is 1. The highest BCUT2D eigenvalue weighted by Gasteiger charge is 2.06. The van der Waals surface area contributed by atoms with E-state index in [2.05, 4.69) is 20.9 Å². The van der Waals surface area contributed by atoms with E-state index in [0.717, 1.165) is 0 Å². The summed E-state index contributed by atoms with van der Waals surface area (Å²) < 4.78 is 1.19. The van der Waals surface area contributed by atoms with E-state index in [1.165, 1.54) is 10.9 Å². The largest absolute Gasteiger partial charge is 0.480 e. The molecule has 3 N–H and O–H groups in total. The molecule has 0 unspecified atom stereocenters. The molecule has 0 saturated heterocycles. The molecule has 0 aliphatic heterocycles. The molecule has 0 atom stereocenters. The van der Waals surface area contributed by atoms with Gasteiger partial charge in [0.05, 0.1) is 12.7 Å². The Balaban J connectivity index is 1.81. The van der Waals surface area contributed by atoms with Crippen LogP contribution in [0.25, 0.3) is 0 Å². The van der Waals surface area contributed by atoms with E-state index in [-0.39, 0.29) is 19.1 Å². The Morgan fingerprint density at radius 1 is 1.25 bits per heavy atom. The second kappa shape index (κ2) is 6.32. The van der Waals surface area contributed by atoms with Crippen LogP contribution in [0, 0.1) is 0 Å². The van der Waals surface area contributed by atoms with Gasteiger partial charge in [0.15, 0.2) is 0 Å². The molecule has 2 amide bonds. The molecule has 1 aromatic heterocycles. The number of carbonyl (C=O) groups is 2. The molecule has 0 saturated carbocycles. The predicted molar refractivity (Wildman–Crippen MR) is 70.0 cm³/mol. The highest BCUT2D eigenvalue weighted by atomic mass is 16.4. The van der Waals surface area contributed by atoms with E-state index in [0.29, 0.717) is 11.4 Å². The molecular formula is C12H13N5O3. The van der Waals surface area contributed by atoms with Crippen LogP contribution < -0.4 is 10.6 Å². The molecule has 0 radical (unpaired) electrons. The molecule has 2 rings (SSSR count). The summed E-state index contributed by atoms with van der Waals surface area (Å²) in [6.45, 7) is -0.0957. The van der Waals surface area contributed by atoms with Crippen LogP contribution >= 0.6 is 0 Å². The molecule has 0 aliphatic carbocycles. The van der Waals surface area contributed by atoms with Crippen molar-refractivity contribution in [1.82, 2.24) is 20.3 Å². The third kappa shape index (κ3) is 4.09. The summed E-state index contributed by atoms with van der Waals surface area (Å²) in [4.78, 5) is 22.1. The van der Waals surface area contributed by atoms with Gasteiger partial charge in [-0.15, -0.1) is 5.10 Å². The predicted octanol–water partition coefficient (Wildman–Crippen LogP) is 0.684. The number of aromatic nitrogens is 3. The van der Waals surface area contributed by atoms with Gasteiger partial charge in [-0.05, 0) is 12.1 Å². The van der Waals surface area contributed by atoms with E-state index in [4.69, 9.17) is 5.11 Å². The molecule has 20 heavy (non-hydrogen) atoms. The number of benzene rings is 1. The fourth-order valence-electron chi connectivity index (χ4n) is 1.50. The van der Waals surface area contributed by atoms with Crippen molar-refractivity contribution in [2.75, 3.05) is 5.32 Å². The number of aliphatic carboxylic acids is 1. The van der Waals surface area contributed by atoms with Crippen LogP contribution in [0.2, 0.25) is 0 Å². The number of amides is 2. The van der Waals surface area contributed by atoms with Gasteiger partial charge in [-0.3, -0.25) is 4.79 Å². The molecule has 0 aliphatic rings. The SMILES string of the molecule is O=C(O)Cn1cc(CNC(=O)Nc2ccccc2)nn1.